The molecule has 5 nitrogen and oxygen atoms in total. The molecule has 0 fully saturated rings. The number of amides is 1. The first kappa shape index (κ1) is 16.0. The van der Waals surface area contributed by atoms with E-state index in [2.05, 4.69) is 29.1 Å². The minimum absolute atomic E-state index is 0.585. The third kappa shape index (κ3) is 5.73. The number of rotatable bonds is 6. The first-order valence-corrected chi connectivity index (χ1v) is 6.64. The molecule has 0 bridgehead atoms. The van der Waals surface area contributed by atoms with Gasteiger partial charge in [-0.25, -0.2) is 10.2 Å². The van der Waals surface area contributed by atoms with E-state index < -0.39 is 6.09 Å². The summed E-state index contributed by atoms with van der Waals surface area (Å²) >= 11 is 0. The molecule has 0 saturated heterocycles. The lowest BCUT2D eigenvalue weighted by atomic mass is 10.1. The Morgan fingerprint density at radius 3 is 2.50 bits per heavy atom. The molecule has 5 heteroatoms. The van der Waals surface area contributed by atoms with Crippen LogP contribution in [0.1, 0.15) is 32.8 Å². The summed E-state index contributed by atoms with van der Waals surface area (Å²) in [7, 11) is 1.30. The molecule has 0 atom stereocenters. The molecular formula is C15H22N2O3. The van der Waals surface area contributed by atoms with Crippen LogP contribution in [0.4, 0.5) is 4.79 Å². The van der Waals surface area contributed by atoms with Crippen LogP contribution >= 0.6 is 0 Å². The van der Waals surface area contributed by atoms with E-state index in [9.17, 15) is 4.79 Å². The van der Waals surface area contributed by atoms with Crippen molar-refractivity contribution in [3.63, 3.8) is 0 Å². The molecule has 1 rings (SSSR count). The SMILES string of the molecule is COC(=O)N/N=C(/C)c1ccc(OCCC(C)C)cc1. The van der Waals surface area contributed by atoms with Gasteiger partial charge in [-0.1, -0.05) is 13.8 Å². The number of nitrogens with one attached hydrogen (secondary N) is 1. The minimum Gasteiger partial charge on any atom is -0.494 e. The van der Waals surface area contributed by atoms with E-state index in [-0.39, 0.29) is 0 Å². The molecule has 0 radical (unpaired) electrons. The van der Waals surface area contributed by atoms with Gasteiger partial charge in [-0.05, 0) is 49.1 Å². The van der Waals surface area contributed by atoms with Crippen LogP contribution in [0.25, 0.3) is 0 Å². The quantitative estimate of drug-likeness (QED) is 0.642. The lowest BCUT2D eigenvalue weighted by Gasteiger charge is -2.08. The Morgan fingerprint density at radius 2 is 1.95 bits per heavy atom. The molecule has 0 heterocycles. The van der Waals surface area contributed by atoms with E-state index in [4.69, 9.17) is 4.74 Å². The standard InChI is InChI=1S/C15H22N2O3/c1-11(2)9-10-20-14-7-5-13(6-8-14)12(3)16-17-15(18)19-4/h5-8,11H,9-10H2,1-4H3,(H,17,18)/b16-12-. The number of ether oxygens (including phenoxy) is 2. The second-order valence-electron chi connectivity index (χ2n) is 4.86. The van der Waals surface area contributed by atoms with Crippen LogP contribution in [0.2, 0.25) is 0 Å². The molecule has 110 valence electrons. The van der Waals surface area contributed by atoms with Crippen molar-refractivity contribution in [2.45, 2.75) is 27.2 Å². The van der Waals surface area contributed by atoms with Crippen molar-refractivity contribution in [1.29, 1.82) is 0 Å². The summed E-state index contributed by atoms with van der Waals surface area (Å²) in [4.78, 5) is 10.9. The molecule has 1 N–H and O–H groups in total. The maximum atomic E-state index is 10.9. The highest BCUT2D eigenvalue weighted by molar-refractivity contribution is 5.99. The molecule has 0 aromatic heterocycles. The molecular weight excluding hydrogens is 256 g/mol. The van der Waals surface area contributed by atoms with Gasteiger partial charge in [0.25, 0.3) is 0 Å². The first-order valence-electron chi connectivity index (χ1n) is 6.64. The summed E-state index contributed by atoms with van der Waals surface area (Å²) in [5, 5.41) is 3.93. The van der Waals surface area contributed by atoms with Crippen molar-refractivity contribution in [2.24, 2.45) is 11.0 Å². The average molecular weight is 278 g/mol. The normalized spacial score (nSPS) is 11.3. The van der Waals surface area contributed by atoms with Gasteiger partial charge < -0.3 is 9.47 Å². The van der Waals surface area contributed by atoms with Crippen molar-refractivity contribution < 1.29 is 14.3 Å². The summed E-state index contributed by atoms with van der Waals surface area (Å²) in [5.74, 6) is 1.47. The van der Waals surface area contributed by atoms with Crippen LogP contribution in [0.15, 0.2) is 29.4 Å². The van der Waals surface area contributed by atoms with Crippen LogP contribution < -0.4 is 10.2 Å². The zero-order valence-electron chi connectivity index (χ0n) is 12.5. The fourth-order valence-corrected chi connectivity index (χ4v) is 1.44. The Bertz CT molecular complexity index is 453. The molecule has 1 aromatic carbocycles. The highest BCUT2D eigenvalue weighted by Crippen LogP contribution is 2.14. The Labute approximate surface area is 120 Å². The van der Waals surface area contributed by atoms with Crippen molar-refractivity contribution in [3.05, 3.63) is 29.8 Å². The van der Waals surface area contributed by atoms with E-state index in [0.717, 1.165) is 17.7 Å². The van der Waals surface area contributed by atoms with Crippen LogP contribution in [-0.4, -0.2) is 25.5 Å². The number of hydrogen-bond donors (Lipinski definition) is 1. The number of methoxy groups -OCH3 is 1. The van der Waals surface area contributed by atoms with Gasteiger partial charge in [-0.15, -0.1) is 0 Å². The van der Waals surface area contributed by atoms with Crippen molar-refractivity contribution in [3.8, 4) is 5.75 Å². The Morgan fingerprint density at radius 1 is 1.30 bits per heavy atom. The van der Waals surface area contributed by atoms with Crippen LogP contribution in [0.5, 0.6) is 5.75 Å². The fraction of sp³-hybridized carbons (Fsp3) is 0.467. The Balaban J connectivity index is 2.55. The maximum absolute atomic E-state index is 10.9. The zero-order chi connectivity index (χ0) is 15.0. The fourth-order valence-electron chi connectivity index (χ4n) is 1.44. The number of benzene rings is 1. The molecule has 1 aromatic rings. The highest BCUT2D eigenvalue weighted by Gasteiger charge is 2.01. The highest BCUT2D eigenvalue weighted by atomic mass is 16.5. The van der Waals surface area contributed by atoms with Gasteiger partial charge in [-0.3, -0.25) is 0 Å². The van der Waals surface area contributed by atoms with Crippen molar-refractivity contribution in [1.82, 2.24) is 5.43 Å². The third-order valence-electron chi connectivity index (χ3n) is 2.74. The topological polar surface area (TPSA) is 59.9 Å². The predicted octanol–water partition coefficient (Wildman–Crippen LogP) is 3.19. The molecule has 0 aliphatic heterocycles. The monoisotopic (exact) mass is 278 g/mol. The number of hydrazone groups is 1. The van der Waals surface area contributed by atoms with Gasteiger partial charge in [-0.2, -0.15) is 5.10 Å². The van der Waals surface area contributed by atoms with Crippen molar-refractivity contribution in [2.75, 3.05) is 13.7 Å². The summed E-state index contributed by atoms with van der Waals surface area (Å²) in [6.07, 6.45) is 0.448. The summed E-state index contributed by atoms with van der Waals surface area (Å²) in [6, 6.07) is 7.60. The Kier molecular flexibility index (Phi) is 6.56. The zero-order valence-corrected chi connectivity index (χ0v) is 12.5. The van der Waals surface area contributed by atoms with Gasteiger partial charge in [0.05, 0.1) is 19.4 Å². The molecule has 0 aliphatic carbocycles. The van der Waals surface area contributed by atoms with Crippen LogP contribution in [-0.2, 0) is 4.74 Å². The molecule has 1 amide bonds. The molecule has 0 aliphatic rings. The van der Waals surface area contributed by atoms with Crippen molar-refractivity contribution >= 4 is 11.8 Å². The second-order valence-corrected chi connectivity index (χ2v) is 4.86. The summed E-state index contributed by atoms with van der Waals surface area (Å²) < 4.78 is 10.1. The van der Waals surface area contributed by atoms with Crippen LogP contribution in [0, 0.1) is 5.92 Å². The number of hydrogen-bond acceptors (Lipinski definition) is 4. The third-order valence-corrected chi connectivity index (χ3v) is 2.74. The second kappa shape index (κ2) is 8.19. The van der Waals surface area contributed by atoms with Gasteiger partial charge in [0.1, 0.15) is 5.75 Å². The lowest BCUT2D eigenvalue weighted by molar-refractivity contribution is 0.171. The molecule has 0 unspecified atom stereocenters. The minimum atomic E-state index is -0.585. The average Bonchev–Trinajstić information content (AvgIpc) is 2.44. The molecule has 20 heavy (non-hydrogen) atoms. The first-order chi connectivity index (χ1) is 9.52. The van der Waals surface area contributed by atoms with E-state index in [1.165, 1.54) is 7.11 Å². The lowest BCUT2D eigenvalue weighted by Crippen LogP contribution is -2.18. The van der Waals surface area contributed by atoms with E-state index in [1.54, 1.807) is 0 Å². The van der Waals surface area contributed by atoms with Gasteiger partial charge in [0, 0.05) is 0 Å². The largest absolute Gasteiger partial charge is 0.494 e. The summed E-state index contributed by atoms with van der Waals surface area (Å²) in [6.45, 7) is 6.86. The molecule has 0 saturated carbocycles. The van der Waals surface area contributed by atoms with Crippen LogP contribution in [0.3, 0.4) is 0 Å². The van der Waals surface area contributed by atoms with Gasteiger partial charge in [0.15, 0.2) is 0 Å². The smallest absolute Gasteiger partial charge is 0.427 e. The number of nitrogens with zero attached hydrogens (tertiary/aromatic N) is 1. The molecule has 0 spiro atoms. The number of carbonyl (C=O) groups is 1. The Hall–Kier alpha value is -2.04. The van der Waals surface area contributed by atoms with E-state index in [1.807, 2.05) is 31.2 Å². The maximum Gasteiger partial charge on any atom is 0.427 e. The van der Waals surface area contributed by atoms with E-state index >= 15 is 0 Å². The predicted molar refractivity (Wildman–Crippen MR) is 79.1 cm³/mol. The number of carbonyl (C=O) groups excluding carboxylic acids is 1. The van der Waals surface area contributed by atoms with E-state index in [0.29, 0.717) is 18.2 Å². The van der Waals surface area contributed by atoms with Gasteiger partial charge >= 0.3 is 6.09 Å². The van der Waals surface area contributed by atoms with Gasteiger partial charge in [0.2, 0.25) is 0 Å². The summed E-state index contributed by atoms with van der Waals surface area (Å²) in [5.41, 5.74) is 3.90.